The molecule has 2 aliphatic rings. The van der Waals surface area contributed by atoms with Crippen LogP contribution in [-0.2, 0) is 9.53 Å². The van der Waals surface area contributed by atoms with Gasteiger partial charge in [0.2, 0.25) is 0 Å². The quantitative estimate of drug-likeness (QED) is 0.800. The SMILES string of the molecule is COC(=O)C(C1CC1)N1CCN(c2ccc(Cl)cc2)CC1. The monoisotopic (exact) mass is 308 g/mol. The number of carbonyl (C=O) groups excluding carboxylic acids is 1. The summed E-state index contributed by atoms with van der Waals surface area (Å²) in [6, 6.07) is 7.91. The number of esters is 1. The Bertz CT molecular complexity index is 494. The fraction of sp³-hybridized carbons (Fsp3) is 0.562. The molecule has 1 aromatic rings. The Morgan fingerprint density at radius 1 is 1.19 bits per heavy atom. The summed E-state index contributed by atoms with van der Waals surface area (Å²) in [5, 5.41) is 0.761. The van der Waals surface area contributed by atoms with E-state index in [0.717, 1.165) is 44.0 Å². The summed E-state index contributed by atoms with van der Waals surface area (Å²) in [7, 11) is 1.49. The summed E-state index contributed by atoms with van der Waals surface area (Å²) in [5.74, 6) is 0.428. The van der Waals surface area contributed by atoms with E-state index in [0.29, 0.717) is 5.92 Å². The van der Waals surface area contributed by atoms with Crippen molar-refractivity contribution in [3.05, 3.63) is 29.3 Å². The molecule has 0 N–H and O–H groups in total. The Hall–Kier alpha value is -1.26. The Kier molecular flexibility index (Phi) is 4.36. The van der Waals surface area contributed by atoms with Gasteiger partial charge in [0, 0.05) is 36.9 Å². The van der Waals surface area contributed by atoms with Crippen LogP contribution in [0.5, 0.6) is 0 Å². The van der Waals surface area contributed by atoms with Crippen molar-refractivity contribution in [3.8, 4) is 0 Å². The van der Waals surface area contributed by atoms with Crippen LogP contribution >= 0.6 is 11.6 Å². The maximum atomic E-state index is 12.0. The molecule has 1 saturated heterocycles. The Labute approximate surface area is 130 Å². The van der Waals surface area contributed by atoms with Gasteiger partial charge in [-0.05, 0) is 43.0 Å². The van der Waals surface area contributed by atoms with Crippen LogP contribution in [0, 0.1) is 5.92 Å². The molecular weight excluding hydrogens is 288 g/mol. The number of halogens is 1. The lowest BCUT2D eigenvalue weighted by Crippen LogP contribution is -2.53. The number of carbonyl (C=O) groups is 1. The second kappa shape index (κ2) is 6.24. The molecule has 114 valence electrons. The fourth-order valence-electron chi connectivity index (χ4n) is 3.08. The van der Waals surface area contributed by atoms with Gasteiger partial charge in [-0.15, -0.1) is 0 Å². The number of nitrogens with zero attached hydrogens (tertiary/aromatic N) is 2. The third-order valence-electron chi connectivity index (χ3n) is 4.41. The van der Waals surface area contributed by atoms with Crippen LogP contribution in [0.15, 0.2) is 24.3 Å². The van der Waals surface area contributed by atoms with Gasteiger partial charge in [0.15, 0.2) is 0 Å². The standard InChI is InChI=1S/C16H21ClN2O2/c1-21-16(20)15(12-2-3-12)19-10-8-18(9-11-19)14-6-4-13(17)5-7-14/h4-7,12,15H,2-3,8-11H2,1H3. The normalized spacial score (nSPS) is 21.1. The lowest BCUT2D eigenvalue weighted by atomic mass is 10.1. The van der Waals surface area contributed by atoms with Gasteiger partial charge < -0.3 is 9.64 Å². The average Bonchev–Trinajstić information content (AvgIpc) is 3.34. The van der Waals surface area contributed by atoms with Crippen LogP contribution in [0.4, 0.5) is 5.69 Å². The number of anilines is 1. The summed E-state index contributed by atoms with van der Waals surface area (Å²) < 4.78 is 4.98. The van der Waals surface area contributed by atoms with Crippen molar-refractivity contribution >= 4 is 23.3 Å². The molecule has 1 aliphatic carbocycles. The predicted octanol–water partition coefficient (Wildman–Crippen LogP) is 2.41. The van der Waals surface area contributed by atoms with Gasteiger partial charge in [0.1, 0.15) is 6.04 Å². The zero-order valence-electron chi connectivity index (χ0n) is 12.3. The lowest BCUT2D eigenvalue weighted by molar-refractivity contribution is -0.148. The van der Waals surface area contributed by atoms with Gasteiger partial charge in [-0.1, -0.05) is 11.6 Å². The molecule has 0 spiro atoms. The maximum Gasteiger partial charge on any atom is 0.323 e. The smallest absolute Gasteiger partial charge is 0.323 e. The number of benzene rings is 1. The largest absolute Gasteiger partial charge is 0.468 e. The highest BCUT2D eigenvalue weighted by Crippen LogP contribution is 2.36. The van der Waals surface area contributed by atoms with Gasteiger partial charge in [0.05, 0.1) is 7.11 Å². The minimum Gasteiger partial charge on any atom is -0.468 e. The summed E-state index contributed by atoms with van der Waals surface area (Å²) in [4.78, 5) is 16.6. The summed E-state index contributed by atoms with van der Waals surface area (Å²) >= 11 is 5.93. The molecule has 5 heteroatoms. The number of hydrogen-bond acceptors (Lipinski definition) is 4. The minimum absolute atomic E-state index is 0.0395. The number of hydrogen-bond donors (Lipinski definition) is 0. The molecule has 1 heterocycles. The highest BCUT2D eigenvalue weighted by molar-refractivity contribution is 6.30. The number of methoxy groups -OCH3 is 1. The van der Waals surface area contributed by atoms with E-state index in [1.807, 2.05) is 12.1 Å². The third kappa shape index (κ3) is 3.33. The van der Waals surface area contributed by atoms with Crippen molar-refractivity contribution in [2.75, 3.05) is 38.2 Å². The zero-order chi connectivity index (χ0) is 14.8. The average molecular weight is 309 g/mol. The second-order valence-electron chi connectivity index (χ2n) is 5.80. The zero-order valence-corrected chi connectivity index (χ0v) is 13.1. The number of rotatable bonds is 4. The number of ether oxygens (including phenoxy) is 1. The van der Waals surface area contributed by atoms with E-state index in [2.05, 4.69) is 21.9 Å². The van der Waals surface area contributed by atoms with Crippen LogP contribution in [0.1, 0.15) is 12.8 Å². The molecule has 3 rings (SSSR count). The van der Waals surface area contributed by atoms with Gasteiger partial charge in [0.25, 0.3) is 0 Å². The van der Waals surface area contributed by atoms with E-state index in [1.54, 1.807) is 0 Å². The maximum absolute atomic E-state index is 12.0. The molecule has 0 aromatic heterocycles. The molecule has 1 atom stereocenters. The van der Waals surface area contributed by atoms with E-state index in [9.17, 15) is 4.79 Å². The highest BCUT2D eigenvalue weighted by atomic mass is 35.5. The Morgan fingerprint density at radius 2 is 1.81 bits per heavy atom. The molecule has 0 bridgehead atoms. The molecule has 21 heavy (non-hydrogen) atoms. The molecular formula is C16H21ClN2O2. The van der Waals surface area contributed by atoms with Crippen LogP contribution in [0.3, 0.4) is 0 Å². The van der Waals surface area contributed by atoms with Crippen LogP contribution in [0.2, 0.25) is 5.02 Å². The van der Waals surface area contributed by atoms with E-state index in [1.165, 1.54) is 12.8 Å². The lowest BCUT2D eigenvalue weighted by Gasteiger charge is -2.39. The van der Waals surface area contributed by atoms with Crippen molar-refractivity contribution in [2.45, 2.75) is 18.9 Å². The molecule has 1 aliphatic heterocycles. The third-order valence-corrected chi connectivity index (χ3v) is 4.66. The summed E-state index contributed by atoms with van der Waals surface area (Å²) in [5.41, 5.74) is 1.19. The van der Waals surface area contributed by atoms with Crippen LogP contribution < -0.4 is 4.90 Å². The molecule has 0 amide bonds. The molecule has 1 unspecified atom stereocenters. The van der Waals surface area contributed by atoms with Gasteiger partial charge in [-0.3, -0.25) is 9.69 Å². The fourth-order valence-corrected chi connectivity index (χ4v) is 3.21. The predicted molar refractivity (Wildman–Crippen MR) is 83.8 cm³/mol. The topological polar surface area (TPSA) is 32.8 Å². The van der Waals surface area contributed by atoms with Gasteiger partial charge in [-0.25, -0.2) is 0 Å². The molecule has 0 radical (unpaired) electrons. The molecule has 1 saturated carbocycles. The number of piperazine rings is 1. The summed E-state index contributed by atoms with van der Waals surface area (Å²) in [6.45, 7) is 3.67. The molecule has 1 aromatic carbocycles. The highest BCUT2D eigenvalue weighted by Gasteiger charge is 2.41. The van der Waals surface area contributed by atoms with E-state index in [-0.39, 0.29) is 12.0 Å². The van der Waals surface area contributed by atoms with Crippen molar-refractivity contribution in [2.24, 2.45) is 5.92 Å². The van der Waals surface area contributed by atoms with Crippen molar-refractivity contribution in [1.82, 2.24) is 4.90 Å². The second-order valence-corrected chi connectivity index (χ2v) is 6.24. The minimum atomic E-state index is -0.0718. The summed E-state index contributed by atoms with van der Waals surface area (Å²) in [6.07, 6.45) is 2.30. The molecule has 4 nitrogen and oxygen atoms in total. The first-order chi connectivity index (χ1) is 10.2. The van der Waals surface area contributed by atoms with E-state index >= 15 is 0 Å². The van der Waals surface area contributed by atoms with Crippen molar-refractivity contribution in [1.29, 1.82) is 0 Å². The molecule has 2 fully saturated rings. The van der Waals surface area contributed by atoms with Crippen molar-refractivity contribution < 1.29 is 9.53 Å². The first kappa shape index (κ1) is 14.7. The first-order valence-electron chi connectivity index (χ1n) is 7.51. The van der Waals surface area contributed by atoms with Crippen LogP contribution in [-0.4, -0.2) is 50.2 Å². The Balaban J connectivity index is 1.61. The van der Waals surface area contributed by atoms with Crippen LogP contribution in [0.25, 0.3) is 0 Å². The van der Waals surface area contributed by atoms with Gasteiger partial charge in [-0.2, -0.15) is 0 Å². The van der Waals surface area contributed by atoms with E-state index in [4.69, 9.17) is 16.3 Å². The van der Waals surface area contributed by atoms with E-state index < -0.39 is 0 Å². The van der Waals surface area contributed by atoms with Gasteiger partial charge >= 0.3 is 5.97 Å². The van der Waals surface area contributed by atoms with Crippen molar-refractivity contribution in [3.63, 3.8) is 0 Å². The Morgan fingerprint density at radius 3 is 2.33 bits per heavy atom. The first-order valence-corrected chi connectivity index (χ1v) is 7.89.